The first-order valence-electron chi connectivity index (χ1n) is 19.7. The van der Waals surface area contributed by atoms with Crippen LogP contribution in [0.2, 0.25) is 0 Å². The van der Waals surface area contributed by atoms with E-state index in [1.54, 1.807) is 41.0 Å². The number of aryl methyl sites for hydroxylation is 1. The van der Waals surface area contributed by atoms with Crippen LogP contribution >= 0.6 is 0 Å². The molecule has 0 radical (unpaired) electrons. The lowest BCUT2D eigenvalue weighted by Crippen LogP contribution is -2.54. The number of sulfonamides is 1. The van der Waals surface area contributed by atoms with Crippen LogP contribution in [0.1, 0.15) is 65.3 Å². The average molecular weight is 874 g/mol. The van der Waals surface area contributed by atoms with Crippen molar-refractivity contribution in [2.45, 2.75) is 62.4 Å². The zero-order valence-corrected chi connectivity index (χ0v) is 33.7. The van der Waals surface area contributed by atoms with Crippen LogP contribution in [-0.4, -0.2) is 103 Å². The van der Waals surface area contributed by atoms with Gasteiger partial charge in [-0.05, 0) is 56.4 Å². The Labute approximate surface area is 350 Å². The second-order valence-electron chi connectivity index (χ2n) is 15.8. The number of rotatable bonds is 10. The molecular weight excluding hydrogens is 836 g/mol. The fourth-order valence-corrected chi connectivity index (χ4v) is 9.33. The van der Waals surface area contributed by atoms with Crippen molar-refractivity contribution in [1.82, 2.24) is 39.7 Å². The Morgan fingerprint density at radius 1 is 0.968 bits per heavy atom. The number of carbonyl (C=O) groups is 5. The number of aromatic nitrogens is 5. The van der Waals surface area contributed by atoms with Crippen LogP contribution < -0.4 is 21.1 Å². The summed E-state index contributed by atoms with van der Waals surface area (Å²) in [5.41, 5.74) is 8.81. The molecule has 18 nitrogen and oxygen atoms in total. The van der Waals surface area contributed by atoms with Crippen molar-refractivity contribution in [2.75, 3.05) is 28.9 Å². The molecule has 3 aliphatic heterocycles. The van der Waals surface area contributed by atoms with Crippen molar-refractivity contribution in [3.63, 3.8) is 0 Å². The number of nitrogens with zero attached hydrogens (tertiary/aromatic N) is 7. The molecule has 1 aliphatic carbocycles. The Morgan fingerprint density at radius 2 is 1.73 bits per heavy atom. The molecule has 3 fully saturated rings. The van der Waals surface area contributed by atoms with E-state index in [-0.39, 0.29) is 65.0 Å². The third-order valence-corrected chi connectivity index (χ3v) is 13.0. The lowest BCUT2D eigenvalue weighted by molar-refractivity contribution is -0.140. The molecule has 1 saturated carbocycles. The molecular formula is C40H38F3N11O7S. The molecule has 2 saturated heterocycles. The smallest absolute Gasteiger partial charge is 0.355 e. The van der Waals surface area contributed by atoms with Gasteiger partial charge in [0.25, 0.3) is 21.8 Å². The number of alkyl halides is 2. The normalized spacial score (nSPS) is 20.8. The lowest BCUT2D eigenvalue weighted by Gasteiger charge is -2.40. The Hall–Kier alpha value is -6.84. The van der Waals surface area contributed by atoms with Crippen LogP contribution in [-0.2, 0) is 31.5 Å². The van der Waals surface area contributed by atoms with Gasteiger partial charge in [-0.2, -0.15) is 19.0 Å². The summed E-state index contributed by atoms with van der Waals surface area (Å²) in [4.78, 5) is 71.6. The minimum Gasteiger partial charge on any atom is -0.383 e. The van der Waals surface area contributed by atoms with E-state index in [9.17, 15) is 45.6 Å². The van der Waals surface area contributed by atoms with Gasteiger partial charge in [-0.15, -0.1) is 0 Å². The van der Waals surface area contributed by atoms with Gasteiger partial charge in [-0.25, -0.2) is 17.8 Å². The molecule has 0 unspecified atom stereocenters. The standard InChI is InChI=1S/C40H38F3N11O7S/c1-51-34-25(17-45-35(44)32(34)33(49-51)19-5-6-27(26(41)15-19)50-62(60,61)40(42)43)21-16-46-53(18-21)23-9-11-52(12-10-23)37(57)20-13-22(14-20)47-28-4-2-3-24-31(28)39(59)54(38(24)58)29-7-8-30(55)48-36(29)56/h2-6,15-18,20,22-23,29,40,47,50H,7-14H2,1H3,(H2,44,45)(H,48,55,56)/t20?,22?,29-/m1/s1. The minimum atomic E-state index is -5.09. The van der Waals surface area contributed by atoms with E-state index in [1.165, 1.54) is 12.1 Å². The summed E-state index contributed by atoms with van der Waals surface area (Å²) in [5, 5.41) is 15.1. The van der Waals surface area contributed by atoms with Gasteiger partial charge < -0.3 is 16.0 Å². The molecule has 6 heterocycles. The number of imide groups is 2. The average Bonchev–Trinajstić information content (AvgIpc) is 3.92. The summed E-state index contributed by atoms with van der Waals surface area (Å²) in [7, 11) is -3.42. The number of fused-ring (bicyclic) bond motifs is 2. The molecule has 5 amide bonds. The van der Waals surface area contributed by atoms with Crippen LogP contribution in [0.4, 0.5) is 30.4 Å². The highest BCUT2D eigenvalue weighted by molar-refractivity contribution is 7.93. The zero-order chi connectivity index (χ0) is 43.8. The molecule has 4 aliphatic rings. The number of piperidine rings is 2. The van der Waals surface area contributed by atoms with E-state index in [0.717, 1.165) is 17.0 Å². The monoisotopic (exact) mass is 873 g/mol. The molecule has 22 heteroatoms. The van der Waals surface area contributed by atoms with Gasteiger partial charge in [-0.3, -0.25) is 48.3 Å². The number of carbonyl (C=O) groups excluding carboxylic acids is 5. The molecule has 62 heavy (non-hydrogen) atoms. The van der Waals surface area contributed by atoms with E-state index in [4.69, 9.17) is 5.73 Å². The van der Waals surface area contributed by atoms with Crippen molar-refractivity contribution in [1.29, 1.82) is 0 Å². The number of nitrogen functional groups attached to an aromatic ring is 1. The first kappa shape index (κ1) is 40.6. The molecule has 9 rings (SSSR count). The van der Waals surface area contributed by atoms with Crippen LogP contribution in [0.15, 0.2) is 55.0 Å². The fraction of sp³-hybridized carbons (Fsp3) is 0.350. The quantitative estimate of drug-likeness (QED) is 0.147. The number of pyridine rings is 1. The summed E-state index contributed by atoms with van der Waals surface area (Å²) in [6.45, 7) is 1.04. The predicted octanol–water partition coefficient (Wildman–Crippen LogP) is 3.64. The van der Waals surface area contributed by atoms with Crippen molar-refractivity contribution in [3.8, 4) is 22.4 Å². The van der Waals surface area contributed by atoms with Crippen LogP contribution in [0.25, 0.3) is 33.3 Å². The summed E-state index contributed by atoms with van der Waals surface area (Å²) in [6, 6.07) is 7.03. The van der Waals surface area contributed by atoms with E-state index < -0.39 is 57.0 Å². The Kier molecular flexibility index (Phi) is 9.98. The van der Waals surface area contributed by atoms with Crippen molar-refractivity contribution < 1.29 is 45.6 Å². The van der Waals surface area contributed by atoms with Crippen molar-refractivity contribution in [2.24, 2.45) is 13.0 Å². The van der Waals surface area contributed by atoms with E-state index in [0.29, 0.717) is 66.5 Å². The molecule has 1 atom stereocenters. The summed E-state index contributed by atoms with van der Waals surface area (Å²) >= 11 is 0. The fourth-order valence-electron chi connectivity index (χ4n) is 8.77. The second-order valence-corrected chi connectivity index (χ2v) is 17.5. The molecule has 5 aromatic rings. The topological polar surface area (TPSA) is 237 Å². The molecule has 3 aromatic heterocycles. The number of halogens is 3. The number of likely N-dealkylation sites (tertiary alicyclic amines) is 1. The molecule has 322 valence electrons. The number of nitrogens with one attached hydrogen (secondary N) is 3. The number of hydrogen-bond acceptors (Lipinski definition) is 12. The predicted molar refractivity (Wildman–Crippen MR) is 216 cm³/mol. The van der Waals surface area contributed by atoms with Gasteiger partial charge in [0.1, 0.15) is 23.4 Å². The maximum Gasteiger partial charge on any atom is 0.355 e. The van der Waals surface area contributed by atoms with Gasteiger partial charge >= 0.3 is 5.76 Å². The Morgan fingerprint density at radius 3 is 2.44 bits per heavy atom. The minimum absolute atomic E-state index is 0.00733. The first-order valence-corrected chi connectivity index (χ1v) is 21.3. The first-order chi connectivity index (χ1) is 29.6. The van der Waals surface area contributed by atoms with Gasteiger partial charge in [0, 0.05) is 73.3 Å². The third kappa shape index (κ3) is 6.96. The SMILES string of the molecule is Cn1nc(-c2ccc(NS(=O)(=O)C(F)F)c(F)c2)c2c(N)ncc(-c3cnn(C4CCN(C(=O)C5CC(Nc6cccc7c6C(=O)N([C@@H]6CCC(=O)NC6=O)C7=O)C5)CC4)c3)c21. The van der Waals surface area contributed by atoms with E-state index in [2.05, 4.69) is 25.8 Å². The summed E-state index contributed by atoms with van der Waals surface area (Å²) in [6.07, 6.45) is 7.58. The van der Waals surface area contributed by atoms with E-state index >= 15 is 0 Å². The largest absolute Gasteiger partial charge is 0.383 e. The molecule has 5 N–H and O–H groups in total. The van der Waals surface area contributed by atoms with Crippen LogP contribution in [0.5, 0.6) is 0 Å². The van der Waals surface area contributed by atoms with Gasteiger partial charge in [0.15, 0.2) is 0 Å². The maximum absolute atomic E-state index is 15.0. The highest BCUT2D eigenvalue weighted by Crippen LogP contribution is 2.40. The summed E-state index contributed by atoms with van der Waals surface area (Å²) < 4.78 is 68.9. The molecule has 0 spiro atoms. The highest BCUT2D eigenvalue weighted by atomic mass is 32.2. The van der Waals surface area contributed by atoms with Gasteiger partial charge in [0.2, 0.25) is 17.7 Å². The highest BCUT2D eigenvalue weighted by Gasteiger charge is 2.46. The number of anilines is 3. The Bertz CT molecular complexity index is 2830. The van der Waals surface area contributed by atoms with Gasteiger partial charge in [0.05, 0.1) is 40.0 Å². The third-order valence-electron chi connectivity index (χ3n) is 12.0. The van der Waals surface area contributed by atoms with Gasteiger partial charge in [-0.1, -0.05) is 12.1 Å². The van der Waals surface area contributed by atoms with E-state index in [1.807, 2.05) is 15.8 Å². The van der Waals surface area contributed by atoms with Crippen LogP contribution in [0, 0.1) is 11.7 Å². The second kappa shape index (κ2) is 15.3. The molecule has 2 aromatic carbocycles. The number of benzene rings is 2. The number of amides is 5. The Balaban J connectivity index is 0.826. The number of hydrogen-bond donors (Lipinski definition) is 4. The lowest BCUT2D eigenvalue weighted by atomic mass is 9.78. The van der Waals surface area contributed by atoms with Crippen molar-refractivity contribution in [3.05, 3.63) is 71.9 Å². The number of nitrogens with two attached hydrogens (primary N) is 1. The zero-order valence-electron chi connectivity index (χ0n) is 32.8. The van der Waals surface area contributed by atoms with Crippen LogP contribution in [0.3, 0.4) is 0 Å². The maximum atomic E-state index is 15.0. The van der Waals surface area contributed by atoms with Crippen molar-refractivity contribution >= 4 is 67.7 Å². The summed E-state index contributed by atoms with van der Waals surface area (Å²) in [5.74, 6) is -7.23. The molecule has 0 bridgehead atoms.